The van der Waals surface area contributed by atoms with Crippen molar-refractivity contribution in [1.29, 1.82) is 5.26 Å². The summed E-state index contributed by atoms with van der Waals surface area (Å²) in [5, 5.41) is 18.1. The molecule has 1 aliphatic carbocycles. The summed E-state index contributed by atoms with van der Waals surface area (Å²) in [7, 11) is 0. The van der Waals surface area contributed by atoms with Crippen LogP contribution >= 0.6 is 24.2 Å². The Morgan fingerprint density at radius 1 is 1.12 bits per heavy atom. The molecule has 0 spiro atoms. The molecule has 0 unspecified atom stereocenters. The van der Waals surface area contributed by atoms with Crippen LogP contribution in [0.1, 0.15) is 37.7 Å². The predicted octanol–water partition coefficient (Wildman–Crippen LogP) is 2.82. The summed E-state index contributed by atoms with van der Waals surface area (Å²) in [6.07, 6.45) is 5.06. The van der Waals surface area contributed by atoms with Gasteiger partial charge in [-0.05, 0) is 30.4 Å². The second kappa shape index (κ2) is 11.0. The number of thiocarbonyl (C=S) groups is 1. The number of nitriles is 1. The van der Waals surface area contributed by atoms with Crippen LogP contribution in [0.3, 0.4) is 0 Å². The van der Waals surface area contributed by atoms with Crippen molar-refractivity contribution in [3.8, 4) is 6.07 Å². The number of carbonyl (C=O) groups excluding carboxylic acids is 1. The largest absolute Gasteiger partial charge is 0.368 e. The number of carbonyl (C=O) groups is 1. The third-order valence-corrected chi connectivity index (χ3v) is 5.45. The number of benzene rings is 1. The van der Waals surface area contributed by atoms with Gasteiger partial charge in [0.15, 0.2) is 0 Å². The van der Waals surface area contributed by atoms with Gasteiger partial charge >= 0.3 is 6.03 Å². The Bertz CT molecular complexity index is 626. The summed E-state index contributed by atoms with van der Waals surface area (Å²) >= 11 is 6.56. The van der Waals surface area contributed by atoms with E-state index >= 15 is 0 Å². The SMILES string of the molecule is N#CC1(NSC(=S)NCCNC(=O)NCc2ccccc2)CCCCC1. The topological polar surface area (TPSA) is 89.0 Å². The Balaban J connectivity index is 1.55. The van der Waals surface area contributed by atoms with Crippen molar-refractivity contribution in [2.24, 2.45) is 0 Å². The lowest BCUT2D eigenvalue weighted by molar-refractivity contribution is 0.240. The highest BCUT2D eigenvalue weighted by atomic mass is 32.2. The molecule has 1 saturated carbocycles. The normalized spacial score (nSPS) is 15.5. The minimum Gasteiger partial charge on any atom is -0.368 e. The Morgan fingerprint density at radius 2 is 1.81 bits per heavy atom. The van der Waals surface area contributed by atoms with E-state index in [1.807, 2.05) is 30.3 Å². The Labute approximate surface area is 164 Å². The Morgan fingerprint density at radius 3 is 2.50 bits per heavy atom. The first-order valence-electron chi connectivity index (χ1n) is 8.82. The summed E-state index contributed by atoms with van der Waals surface area (Å²) in [6.45, 7) is 1.49. The molecule has 6 nitrogen and oxygen atoms in total. The van der Waals surface area contributed by atoms with Crippen LogP contribution in [0.15, 0.2) is 30.3 Å². The maximum atomic E-state index is 11.7. The second-order valence-electron chi connectivity index (χ2n) is 6.27. The zero-order valence-corrected chi connectivity index (χ0v) is 16.3. The summed E-state index contributed by atoms with van der Waals surface area (Å²) in [6, 6.07) is 11.9. The third-order valence-electron chi connectivity index (χ3n) is 4.24. The molecular weight excluding hydrogens is 366 g/mol. The number of nitrogens with one attached hydrogen (secondary N) is 4. The van der Waals surface area contributed by atoms with Crippen LogP contribution in [-0.2, 0) is 6.54 Å². The van der Waals surface area contributed by atoms with Gasteiger partial charge in [0.1, 0.15) is 9.86 Å². The third kappa shape index (κ3) is 7.20. The number of hydrogen-bond acceptors (Lipinski definition) is 5. The first kappa shape index (κ1) is 20.5. The van der Waals surface area contributed by atoms with Gasteiger partial charge in [0.25, 0.3) is 0 Å². The molecule has 1 fully saturated rings. The fraction of sp³-hybridized carbons (Fsp3) is 0.500. The van der Waals surface area contributed by atoms with Crippen LogP contribution in [0.5, 0.6) is 0 Å². The van der Waals surface area contributed by atoms with Gasteiger partial charge in [0.05, 0.1) is 6.07 Å². The molecule has 1 aliphatic rings. The van der Waals surface area contributed by atoms with Gasteiger partial charge in [-0.3, -0.25) is 0 Å². The van der Waals surface area contributed by atoms with E-state index in [9.17, 15) is 10.1 Å². The zero-order chi connectivity index (χ0) is 18.7. The number of rotatable bonds is 7. The number of urea groups is 1. The molecule has 0 atom stereocenters. The summed E-state index contributed by atoms with van der Waals surface area (Å²) in [5.74, 6) is 0. The molecule has 1 aromatic rings. The van der Waals surface area contributed by atoms with Crippen LogP contribution < -0.4 is 20.7 Å². The van der Waals surface area contributed by atoms with Crippen molar-refractivity contribution in [2.45, 2.75) is 44.2 Å². The van der Waals surface area contributed by atoms with Crippen LogP contribution in [0.25, 0.3) is 0 Å². The highest BCUT2D eigenvalue weighted by Gasteiger charge is 2.32. The van der Waals surface area contributed by atoms with E-state index in [1.165, 1.54) is 18.4 Å². The summed E-state index contributed by atoms with van der Waals surface area (Å²) in [4.78, 5) is 11.7. The van der Waals surface area contributed by atoms with E-state index in [4.69, 9.17) is 12.2 Å². The van der Waals surface area contributed by atoms with Gasteiger partial charge in [0.2, 0.25) is 0 Å². The van der Waals surface area contributed by atoms with Crippen molar-refractivity contribution >= 4 is 34.5 Å². The molecular formula is C18H25N5OS2. The molecule has 2 rings (SSSR count). The molecule has 0 heterocycles. The van der Waals surface area contributed by atoms with Crippen LogP contribution in [0.2, 0.25) is 0 Å². The second-order valence-corrected chi connectivity index (χ2v) is 7.75. The number of nitrogens with zero attached hydrogens (tertiary/aromatic N) is 1. The van der Waals surface area contributed by atoms with Crippen LogP contribution in [0.4, 0.5) is 4.79 Å². The van der Waals surface area contributed by atoms with Crippen molar-refractivity contribution in [1.82, 2.24) is 20.7 Å². The molecule has 0 bridgehead atoms. The van der Waals surface area contributed by atoms with Gasteiger partial charge in [-0.15, -0.1) is 0 Å². The van der Waals surface area contributed by atoms with E-state index < -0.39 is 5.54 Å². The first-order valence-corrected chi connectivity index (χ1v) is 10.0. The monoisotopic (exact) mass is 391 g/mol. The van der Waals surface area contributed by atoms with E-state index in [-0.39, 0.29) is 6.03 Å². The predicted molar refractivity (Wildman–Crippen MR) is 109 cm³/mol. The average Bonchev–Trinajstić information content (AvgIpc) is 2.69. The Kier molecular flexibility index (Phi) is 8.68. The van der Waals surface area contributed by atoms with Gasteiger partial charge in [-0.2, -0.15) is 5.26 Å². The zero-order valence-electron chi connectivity index (χ0n) is 14.7. The Hall–Kier alpha value is -1.82. The molecule has 0 aromatic heterocycles. The molecule has 0 aliphatic heterocycles. The molecule has 26 heavy (non-hydrogen) atoms. The fourth-order valence-electron chi connectivity index (χ4n) is 2.75. The molecule has 0 saturated heterocycles. The lowest BCUT2D eigenvalue weighted by atomic mass is 9.84. The molecule has 0 radical (unpaired) electrons. The molecule has 8 heteroatoms. The maximum Gasteiger partial charge on any atom is 0.315 e. The highest BCUT2D eigenvalue weighted by Crippen LogP contribution is 2.29. The van der Waals surface area contributed by atoms with Crippen molar-refractivity contribution < 1.29 is 4.79 Å². The van der Waals surface area contributed by atoms with E-state index in [0.717, 1.165) is 31.2 Å². The van der Waals surface area contributed by atoms with Crippen molar-refractivity contribution in [2.75, 3.05) is 13.1 Å². The fourth-order valence-corrected chi connectivity index (χ4v) is 3.69. The standard InChI is InChI=1S/C18H25N5OS2/c19-14-18(9-5-2-6-10-18)23-26-17(25)21-12-11-20-16(24)22-13-15-7-3-1-4-8-15/h1,3-4,7-8,23H,2,5-6,9-13H2,(H,21,25)(H2,20,22,24). The highest BCUT2D eigenvalue weighted by molar-refractivity contribution is 8.21. The summed E-state index contributed by atoms with van der Waals surface area (Å²) in [5.41, 5.74) is 0.586. The van der Waals surface area contributed by atoms with E-state index in [0.29, 0.717) is 24.0 Å². The quantitative estimate of drug-likeness (QED) is 0.325. The maximum absolute atomic E-state index is 11.7. The van der Waals surface area contributed by atoms with Gasteiger partial charge in [0, 0.05) is 19.6 Å². The molecule has 4 N–H and O–H groups in total. The minimum absolute atomic E-state index is 0.210. The van der Waals surface area contributed by atoms with Gasteiger partial charge < -0.3 is 16.0 Å². The van der Waals surface area contributed by atoms with Gasteiger partial charge in [-0.1, -0.05) is 61.8 Å². The number of amides is 2. The smallest absolute Gasteiger partial charge is 0.315 e. The first-order chi connectivity index (χ1) is 12.6. The van der Waals surface area contributed by atoms with E-state index in [1.54, 1.807) is 0 Å². The van der Waals surface area contributed by atoms with Crippen molar-refractivity contribution in [3.63, 3.8) is 0 Å². The lowest BCUT2D eigenvalue weighted by Gasteiger charge is -2.31. The van der Waals surface area contributed by atoms with Crippen LogP contribution in [0, 0.1) is 11.3 Å². The summed E-state index contributed by atoms with van der Waals surface area (Å²) < 4.78 is 3.81. The van der Waals surface area contributed by atoms with Crippen molar-refractivity contribution in [3.05, 3.63) is 35.9 Å². The minimum atomic E-state index is -0.468. The molecule has 140 valence electrons. The number of hydrogen-bond donors (Lipinski definition) is 4. The molecule has 2 amide bonds. The van der Waals surface area contributed by atoms with Gasteiger partial charge in [-0.25, -0.2) is 9.52 Å². The van der Waals surface area contributed by atoms with E-state index in [2.05, 4.69) is 26.7 Å². The lowest BCUT2D eigenvalue weighted by Crippen LogP contribution is -2.44. The average molecular weight is 392 g/mol. The van der Waals surface area contributed by atoms with Crippen LogP contribution in [-0.4, -0.2) is 29.0 Å². The molecule has 1 aromatic carbocycles.